The second-order valence-corrected chi connectivity index (χ2v) is 7.73. The molecule has 1 amide bonds. The maximum Gasteiger partial charge on any atom is 0.339 e. The molecule has 0 aliphatic carbocycles. The Morgan fingerprint density at radius 2 is 1.48 bits per heavy atom. The third-order valence-electron chi connectivity index (χ3n) is 4.59. The van der Waals surface area contributed by atoms with Gasteiger partial charge in [-0.3, -0.25) is 9.59 Å². The normalized spacial score (nSPS) is 10.5. The molecule has 0 radical (unpaired) electrons. The van der Waals surface area contributed by atoms with Crippen molar-refractivity contribution in [3.8, 4) is 0 Å². The van der Waals surface area contributed by atoms with E-state index in [1.807, 2.05) is 26.0 Å². The Labute approximate surface area is 189 Å². The van der Waals surface area contributed by atoms with Gasteiger partial charge in [-0.2, -0.15) is 0 Å². The summed E-state index contributed by atoms with van der Waals surface area (Å²) in [6.07, 6.45) is 0. The first-order valence-electron chi connectivity index (χ1n) is 9.40. The molecule has 0 aromatic heterocycles. The molecule has 0 saturated heterocycles. The van der Waals surface area contributed by atoms with Gasteiger partial charge in [0.05, 0.1) is 21.3 Å². The van der Waals surface area contributed by atoms with Crippen molar-refractivity contribution in [3.63, 3.8) is 0 Å². The van der Waals surface area contributed by atoms with Crippen LogP contribution >= 0.6 is 23.2 Å². The topological polar surface area (TPSA) is 72.5 Å². The average molecular weight is 456 g/mol. The summed E-state index contributed by atoms with van der Waals surface area (Å²) in [6, 6.07) is 16.7. The van der Waals surface area contributed by atoms with Gasteiger partial charge in [-0.1, -0.05) is 65.2 Å². The molecule has 0 atom stereocenters. The van der Waals surface area contributed by atoms with Gasteiger partial charge >= 0.3 is 5.97 Å². The van der Waals surface area contributed by atoms with Gasteiger partial charge in [-0.25, -0.2) is 4.79 Å². The number of benzene rings is 3. The molecule has 0 heterocycles. The Morgan fingerprint density at radius 3 is 2.16 bits per heavy atom. The molecule has 3 rings (SSSR count). The van der Waals surface area contributed by atoms with E-state index in [0.29, 0.717) is 5.56 Å². The lowest BCUT2D eigenvalue weighted by Crippen LogP contribution is -2.22. The van der Waals surface area contributed by atoms with Crippen molar-refractivity contribution < 1.29 is 19.1 Å². The highest BCUT2D eigenvalue weighted by Crippen LogP contribution is 2.29. The number of para-hydroxylation sites is 1. The van der Waals surface area contributed by atoms with Crippen molar-refractivity contribution >= 4 is 46.5 Å². The molecule has 5 nitrogen and oxygen atoms in total. The number of amides is 1. The van der Waals surface area contributed by atoms with Gasteiger partial charge in [0, 0.05) is 11.1 Å². The molecule has 0 fully saturated rings. The summed E-state index contributed by atoms with van der Waals surface area (Å²) in [5, 5.41) is 3.04. The summed E-state index contributed by atoms with van der Waals surface area (Å²) in [5.74, 6) is -1.68. The monoisotopic (exact) mass is 455 g/mol. The van der Waals surface area contributed by atoms with Gasteiger partial charge in [-0.05, 0) is 43.7 Å². The Kier molecular flexibility index (Phi) is 7.10. The number of hydrogen-bond acceptors (Lipinski definition) is 4. The third kappa shape index (κ3) is 5.32. The highest BCUT2D eigenvalue weighted by atomic mass is 35.5. The first-order valence-corrected chi connectivity index (χ1v) is 10.2. The largest absolute Gasteiger partial charge is 0.452 e. The van der Waals surface area contributed by atoms with Crippen LogP contribution in [0.1, 0.15) is 37.4 Å². The lowest BCUT2D eigenvalue weighted by atomic mass is 9.94. The first kappa shape index (κ1) is 22.5. The number of ether oxygens (including phenoxy) is 1. The second-order valence-electron chi connectivity index (χ2n) is 6.91. The van der Waals surface area contributed by atoms with E-state index >= 15 is 0 Å². The SMILES string of the molecule is Cc1ccc(C)c(C(=O)c2ccccc2C(=O)OCC(=O)Nc2c(Cl)cccc2Cl)c1. The number of halogens is 2. The number of carbonyl (C=O) groups excluding carboxylic acids is 3. The van der Waals surface area contributed by atoms with E-state index in [1.54, 1.807) is 42.5 Å². The summed E-state index contributed by atoms with van der Waals surface area (Å²) in [4.78, 5) is 37.9. The average Bonchev–Trinajstić information content (AvgIpc) is 2.76. The number of aryl methyl sites for hydroxylation is 2. The van der Waals surface area contributed by atoms with Gasteiger partial charge in [0.15, 0.2) is 12.4 Å². The van der Waals surface area contributed by atoms with Crippen molar-refractivity contribution in [1.82, 2.24) is 0 Å². The van der Waals surface area contributed by atoms with E-state index < -0.39 is 18.5 Å². The molecule has 0 aliphatic rings. The molecule has 7 heteroatoms. The predicted octanol–water partition coefficient (Wildman–Crippen LogP) is 5.64. The van der Waals surface area contributed by atoms with Crippen LogP contribution in [0, 0.1) is 13.8 Å². The van der Waals surface area contributed by atoms with Crippen LogP contribution in [-0.4, -0.2) is 24.3 Å². The molecular formula is C24H19Cl2NO4. The third-order valence-corrected chi connectivity index (χ3v) is 5.22. The van der Waals surface area contributed by atoms with Gasteiger partial charge in [-0.15, -0.1) is 0 Å². The van der Waals surface area contributed by atoms with E-state index in [-0.39, 0.29) is 32.6 Å². The minimum absolute atomic E-state index is 0.0805. The number of esters is 1. The molecule has 31 heavy (non-hydrogen) atoms. The van der Waals surface area contributed by atoms with E-state index in [0.717, 1.165) is 11.1 Å². The van der Waals surface area contributed by atoms with Crippen LogP contribution in [0.25, 0.3) is 0 Å². The lowest BCUT2D eigenvalue weighted by molar-refractivity contribution is -0.119. The number of nitrogens with one attached hydrogen (secondary N) is 1. The zero-order valence-electron chi connectivity index (χ0n) is 16.9. The van der Waals surface area contributed by atoms with Crippen LogP contribution in [0.2, 0.25) is 10.0 Å². The fourth-order valence-corrected chi connectivity index (χ4v) is 3.48. The maximum absolute atomic E-state index is 13.1. The smallest absolute Gasteiger partial charge is 0.339 e. The number of anilines is 1. The zero-order valence-corrected chi connectivity index (χ0v) is 18.4. The highest BCUT2D eigenvalue weighted by molar-refractivity contribution is 6.39. The summed E-state index contributed by atoms with van der Waals surface area (Å²) in [5.41, 5.74) is 2.76. The number of carbonyl (C=O) groups is 3. The zero-order chi connectivity index (χ0) is 22.5. The Balaban J connectivity index is 1.75. The van der Waals surface area contributed by atoms with Crippen molar-refractivity contribution in [2.45, 2.75) is 13.8 Å². The van der Waals surface area contributed by atoms with E-state index in [9.17, 15) is 14.4 Å². The van der Waals surface area contributed by atoms with E-state index in [4.69, 9.17) is 27.9 Å². The minimum atomic E-state index is -0.783. The molecule has 0 spiro atoms. The standard InChI is InChI=1S/C24H19Cl2NO4/c1-14-10-11-15(2)18(12-14)23(29)16-6-3-4-7-17(16)24(30)31-13-21(28)27-22-19(25)8-5-9-20(22)26/h3-12H,13H2,1-2H3,(H,27,28). The molecule has 158 valence electrons. The number of ketones is 1. The van der Waals surface area contributed by atoms with Crippen LogP contribution in [0.15, 0.2) is 60.7 Å². The predicted molar refractivity (Wildman–Crippen MR) is 121 cm³/mol. The summed E-state index contributed by atoms with van der Waals surface area (Å²) >= 11 is 12.1. The number of hydrogen-bond donors (Lipinski definition) is 1. The van der Waals surface area contributed by atoms with Gasteiger partial charge in [0.2, 0.25) is 0 Å². The Morgan fingerprint density at radius 1 is 0.839 bits per heavy atom. The summed E-state index contributed by atoms with van der Waals surface area (Å²) in [7, 11) is 0. The quantitative estimate of drug-likeness (QED) is 0.385. The van der Waals surface area contributed by atoms with Crippen LogP contribution in [-0.2, 0) is 9.53 Å². The molecule has 3 aromatic carbocycles. The van der Waals surface area contributed by atoms with E-state index in [2.05, 4.69) is 5.32 Å². The molecule has 0 saturated carbocycles. The van der Waals surface area contributed by atoms with Gasteiger partial charge < -0.3 is 10.1 Å². The minimum Gasteiger partial charge on any atom is -0.452 e. The van der Waals surface area contributed by atoms with E-state index in [1.165, 1.54) is 6.07 Å². The van der Waals surface area contributed by atoms with Crippen LogP contribution in [0.5, 0.6) is 0 Å². The van der Waals surface area contributed by atoms with Crippen molar-refractivity contribution in [2.75, 3.05) is 11.9 Å². The Bertz CT molecular complexity index is 1150. The van der Waals surface area contributed by atoms with Crippen LogP contribution in [0.3, 0.4) is 0 Å². The molecular weight excluding hydrogens is 437 g/mol. The van der Waals surface area contributed by atoms with Gasteiger partial charge in [0.1, 0.15) is 0 Å². The van der Waals surface area contributed by atoms with Crippen molar-refractivity contribution in [2.24, 2.45) is 0 Å². The van der Waals surface area contributed by atoms with Crippen molar-refractivity contribution in [3.05, 3.63) is 98.5 Å². The molecule has 0 aliphatic heterocycles. The second kappa shape index (κ2) is 9.77. The number of rotatable bonds is 6. The Hall–Kier alpha value is -3.15. The fourth-order valence-electron chi connectivity index (χ4n) is 2.99. The highest BCUT2D eigenvalue weighted by Gasteiger charge is 2.21. The fraction of sp³-hybridized carbons (Fsp3) is 0.125. The molecule has 0 unspecified atom stereocenters. The molecule has 0 bridgehead atoms. The summed E-state index contributed by atoms with van der Waals surface area (Å²) < 4.78 is 5.13. The summed E-state index contributed by atoms with van der Waals surface area (Å²) in [6.45, 7) is 3.16. The van der Waals surface area contributed by atoms with Gasteiger partial charge in [0.25, 0.3) is 5.91 Å². The van der Waals surface area contributed by atoms with Crippen LogP contribution < -0.4 is 5.32 Å². The lowest BCUT2D eigenvalue weighted by Gasteiger charge is -2.12. The maximum atomic E-state index is 13.1. The van der Waals surface area contributed by atoms with Crippen molar-refractivity contribution in [1.29, 1.82) is 0 Å². The molecule has 3 aromatic rings. The molecule has 1 N–H and O–H groups in total. The van der Waals surface area contributed by atoms with Crippen LogP contribution in [0.4, 0.5) is 5.69 Å². The first-order chi connectivity index (χ1) is 14.8.